The number of halogens is 1. The van der Waals surface area contributed by atoms with Gasteiger partial charge < -0.3 is 20.3 Å². The zero-order valence-electron chi connectivity index (χ0n) is 17.8. The van der Waals surface area contributed by atoms with Gasteiger partial charge >= 0.3 is 0 Å². The number of fused-ring (bicyclic) bond motifs is 1. The van der Waals surface area contributed by atoms with Gasteiger partial charge in [0.2, 0.25) is 5.95 Å². The Labute approximate surface area is 200 Å². The molecule has 0 atom stereocenters. The number of hydrogen-bond acceptors (Lipinski definition) is 7. The highest BCUT2D eigenvalue weighted by Crippen LogP contribution is 2.37. The highest BCUT2D eigenvalue weighted by Gasteiger charge is 2.24. The van der Waals surface area contributed by atoms with E-state index in [1.165, 1.54) is 0 Å². The number of nitrogen functional groups attached to an aromatic ring is 1. The minimum atomic E-state index is -0.0427. The van der Waals surface area contributed by atoms with Gasteiger partial charge in [0.05, 0.1) is 5.39 Å². The number of rotatable bonds is 5. The van der Waals surface area contributed by atoms with Crippen molar-refractivity contribution in [1.29, 1.82) is 0 Å². The summed E-state index contributed by atoms with van der Waals surface area (Å²) in [7, 11) is 0. The molecule has 2 N–H and O–H groups in total. The Kier molecular flexibility index (Phi) is 6.02. The van der Waals surface area contributed by atoms with E-state index >= 15 is 0 Å². The minimum absolute atomic E-state index is 0.00268. The highest BCUT2D eigenvalue weighted by atomic mass is 35.5. The van der Waals surface area contributed by atoms with Crippen LogP contribution in [0, 0.1) is 0 Å². The molecule has 1 fully saturated rings. The molecule has 1 aliphatic rings. The van der Waals surface area contributed by atoms with Crippen molar-refractivity contribution in [2.75, 3.05) is 43.4 Å². The molecule has 33 heavy (non-hydrogen) atoms. The van der Waals surface area contributed by atoms with Crippen LogP contribution in [0.15, 0.2) is 60.7 Å². The molecule has 5 rings (SSSR count). The number of ether oxygens (including phenoxy) is 1. The molecule has 2 aromatic heterocycles. The fourth-order valence-electron chi connectivity index (χ4n) is 3.84. The molecule has 1 saturated heterocycles. The number of piperazine rings is 1. The fraction of sp³-hybridized carbons (Fsp3) is 0.208. The molecule has 3 heterocycles. The first kappa shape index (κ1) is 21.5. The lowest BCUT2D eigenvalue weighted by molar-refractivity contribution is -0.133. The van der Waals surface area contributed by atoms with Gasteiger partial charge in [-0.05, 0) is 35.9 Å². The zero-order chi connectivity index (χ0) is 22.8. The van der Waals surface area contributed by atoms with E-state index in [1.54, 1.807) is 35.6 Å². The molecule has 168 valence electrons. The van der Waals surface area contributed by atoms with Crippen LogP contribution in [0.1, 0.15) is 0 Å². The first-order chi connectivity index (χ1) is 16.1. The number of anilines is 2. The SMILES string of the molecule is Nc1nc(N2CCN(C(=O)COc3ccc(Cl)cc3)CC2)c2cc(-c3ccccc3)sc2n1. The first-order valence-corrected chi connectivity index (χ1v) is 11.8. The van der Waals surface area contributed by atoms with Crippen molar-refractivity contribution >= 4 is 50.8 Å². The lowest BCUT2D eigenvalue weighted by Gasteiger charge is -2.35. The largest absolute Gasteiger partial charge is 0.484 e. The number of amides is 1. The van der Waals surface area contributed by atoms with Gasteiger partial charge in [-0.1, -0.05) is 41.9 Å². The van der Waals surface area contributed by atoms with Crippen LogP contribution in [-0.4, -0.2) is 53.6 Å². The second-order valence-electron chi connectivity index (χ2n) is 7.71. The number of benzene rings is 2. The van der Waals surface area contributed by atoms with Gasteiger partial charge in [-0.2, -0.15) is 4.98 Å². The molecule has 2 aromatic carbocycles. The molecule has 1 amide bonds. The van der Waals surface area contributed by atoms with Gasteiger partial charge in [0.1, 0.15) is 16.4 Å². The third kappa shape index (κ3) is 4.72. The summed E-state index contributed by atoms with van der Waals surface area (Å²) in [6.07, 6.45) is 0. The van der Waals surface area contributed by atoms with Crippen molar-refractivity contribution in [2.45, 2.75) is 0 Å². The van der Waals surface area contributed by atoms with Crippen LogP contribution in [0.4, 0.5) is 11.8 Å². The number of carbonyl (C=O) groups is 1. The van der Waals surface area contributed by atoms with Gasteiger partial charge in [-0.15, -0.1) is 11.3 Å². The monoisotopic (exact) mass is 479 g/mol. The number of aromatic nitrogens is 2. The van der Waals surface area contributed by atoms with Crippen molar-refractivity contribution in [3.05, 3.63) is 65.7 Å². The highest BCUT2D eigenvalue weighted by molar-refractivity contribution is 7.22. The smallest absolute Gasteiger partial charge is 0.260 e. The Hall–Kier alpha value is -3.36. The van der Waals surface area contributed by atoms with E-state index in [1.807, 2.05) is 23.1 Å². The van der Waals surface area contributed by atoms with E-state index in [0.29, 0.717) is 37.0 Å². The topological polar surface area (TPSA) is 84.6 Å². The molecule has 0 bridgehead atoms. The molecular weight excluding hydrogens is 458 g/mol. The van der Waals surface area contributed by atoms with Crippen molar-refractivity contribution in [3.63, 3.8) is 0 Å². The molecule has 1 aliphatic heterocycles. The molecule has 9 heteroatoms. The number of nitrogens with two attached hydrogens (primary N) is 1. The van der Waals surface area contributed by atoms with Gasteiger partial charge in [-0.25, -0.2) is 4.98 Å². The summed E-state index contributed by atoms with van der Waals surface area (Å²) in [5.41, 5.74) is 7.17. The molecule has 0 spiro atoms. The molecule has 0 aliphatic carbocycles. The Balaban J connectivity index is 1.27. The van der Waals surface area contributed by atoms with Gasteiger partial charge in [-0.3, -0.25) is 4.79 Å². The summed E-state index contributed by atoms with van der Waals surface area (Å²) < 4.78 is 5.61. The number of hydrogen-bond donors (Lipinski definition) is 1. The summed E-state index contributed by atoms with van der Waals surface area (Å²) in [4.78, 5) is 27.6. The molecule has 0 unspecified atom stereocenters. The van der Waals surface area contributed by atoms with Crippen molar-refractivity contribution in [2.24, 2.45) is 0 Å². The molecule has 0 radical (unpaired) electrons. The number of nitrogens with zero attached hydrogens (tertiary/aromatic N) is 4. The van der Waals surface area contributed by atoms with E-state index in [4.69, 9.17) is 22.1 Å². The third-order valence-electron chi connectivity index (χ3n) is 5.56. The second-order valence-corrected chi connectivity index (χ2v) is 9.18. The number of carbonyl (C=O) groups excluding carboxylic acids is 1. The van der Waals surface area contributed by atoms with Crippen LogP contribution < -0.4 is 15.4 Å². The summed E-state index contributed by atoms with van der Waals surface area (Å²) in [6.45, 7) is 2.49. The summed E-state index contributed by atoms with van der Waals surface area (Å²) in [5.74, 6) is 1.66. The average Bonchev–Trinajstić information content (AvgIpc) is 3.28. The maximum atomic E-state index is 12.6. The van der Waals surface area contributed by atoms with E-state index < -0.39 is 0 Å². The predicted octanol–water partition coefficient (Wildman–Crippen LogP) is 4.32. The maximum absolute atomic E-state index is 12.6. The average molecular weight is 480 g/mol. The van der Waals surface area contributed by atoms with Crippen LogP contribution in [-0.2, 0) is 4.79 Å². The molecule has 0 saturated carbocycles. The van der Waals surface area contributed by atoms with E-state index in [-0.39, 0.29) is 18.5 Å². The Bertz CT molecular complexity index is 1270. The van der Waals surface area contributed by atoms with Gasteiger partial charge in [0, 0.05) is 36.1 Å². The van der Waals surface area contributed by atoms with Crippen LogP contribution in [0.5, 0.6) is 5.75 Å². The lowest BCUT2D eigenvalue weighted by Crippen LogP contribution is -2.50. The molecule has 4 aromatic rings. The van der Waals surface area contributed by atoms with Crippen molar-refractivity contribution in [3.8, 4) is 16.2 Å². The van der Waals surface area contributed by atoms with Gasteiger partial charge in [0.15, 0.2) is 6.61 Å². The maximum Gasteiger partial charge on any atom is 0.260 e. The standard InChI is InChI=1S/C24H22ClN5O2S/c25-17-6-8-18(9-7-17)32-15-21(31)29-10-12-30(13-11-29)22-19-14-20(16-4-2-1-3-5-16)33-23(19)28-24(26)27-22/h1-9,14H,10-13,15H2,(H2,26,27,28). The molecular formula is C24H22ClN5O2S. The summed E-state index contributed by atoms with van der Waals surface area (Å²) in [6, 6.07) is 19.3. The Morgan fingerprint density at radius 3 is 2.48 bits per heavy atom. The van der Waals surface area contributed by atoms with E-state index in [2.05, 4.69) is 33.1 Å². The first-order valence-electron chi connectivity index (χ1n) is 10.6. The van der Waals surface area contributed by atoms with E-state index in [9.17, 15) is 4.79 Å². The zero-order valence-corrected chi connectivity index (χ0v) is 19.4. The minimum Gasteiger partial charge on any atom is -0.484 e. The van der Waals surface area contributed by atoms with Crippen LogP contribution >= 0.6 is 22.9 Å². The lowest BCUT2D eigenvalue weighted by atomic mass is 10.2. The second kappa shape index (κ2) is 9.25. The molecule has 7 nitrogen and oxygen atoms in total. The normalized spacial score (nSPS) is 14.0. The predicted molar refractivity (Wildman–Crippen MR) is 133 cm³/mol. The van der Waals surface area contributed by atoms with Gasteiger partial charge in [0.25, 0.3) is 5.91 Å². The summed E-state index contributed by atoms with van der Waals surface area (Å²) in [5, 5.41) is 1.62. The number of thiophene rings is 1. The van der Waals surface area contributed by atoms with Crippen molar-refractivity contribution < 1.29 is 9.53 Å². The van der Waals surface area contributed by atoms with Crippen LogP contribution in [0.25, 0.3) is 20.7 Å². The quantitative estimate of drug-likeness (QED) is 0.459. The van der Waals surface area contributed by atoms with Crippen LogP contribution in [0.2, 0.25) is 5.02 Å². The Morgan fingerprint density at radius 1 is 1.03 bits per heavy atom. The van der Waals surface area contributed by atoms with Crippen molar-refractivity contribution in [1.82, 2.24) is 14.9 Å². The van der Waals surface area contributed by atoms with E-state index in [0.717, 1.165) is 26.5 Å². The summed E-state index contributed by atoms with van der Waals surface area (Å²) >= 11 is 7.49. The third-order valence-corrected chi connectivity index (χ3v) is 6.89. The Morgan fingerprint density at radius 2 is 1.76 bits per heavy atom. The fourth-order valence-corrected chi connectivity index (χ4v) is 5.01. The van der Waals surface area contributed by atoms with Crippen LogP contribution in [0.3, 0.4) is 0 Å².